The first kappa shape index (κ1) is 12.6. The summed E-state index contributed by atoms with van der Waals surface area (Å²) in [4.78, 5) is 26.5. The zero-order valence-electron chi connectivity index (χ0n) is 9.55. The molecule has 3 N–H and O–H groups in total. The van der Waals surface area contributed by atoms with Crippen molar-refractivity contribution in [3.63, 3.8) is 0 Å². The fourth-order valence-electron chi connectivity index (χ4n) is 1.45. The van der Waals surface area contributed by atoms with E-state index in [2.05, 4.69) is 15.6 Å². The molecule has 7 heteroatoms. The minimum absolute atomic E-state index is 0.261. The number of carboxylic acid groups (broad SMARTS) is 1. The minimum Gasteiger partial charge on any atom is -0.478 e. The third-order valence-electron chi connectivity index (χ3n) is 2.57. The van der Waals surface area contributed by atoms with Crippen molar-refractivity contribution in [3.8, 4) is 0 Å². The molecule has 1 fully saturated rings. The van der Waals surface area contributed by atoms with E-state index in [9.17, 15) is 9.59 Å². The van der Waals surface area contributed by atoms with Crippen LogP contribution in [-0.2, 0) is 4.79 Å². The Labute approximate surface area is 108 Å². The first-order chi connectivity index (χ1) is 8.63. The van der Waals surface area contributed by atoms with Crippen LogP contribution in [0.25, 0.3) is 6.08 Å². The van der Waals surface area contributed by atoms with Gasteiger partial charge >= 0.3 is 12.0 Å². The Morgan fingerprint density at radius 3 is 2.89 bits per heavy atom. The van der Waals surface area contributed by atoms with Crippen LogP contribution >= 0.6 is 11.3 Å². The van der Waals surface area contributed by atoms with Crippen molar-refractivity contribution in [1.82, 2.24) is 10.3 Å². The average Bonchev–Trinajstić information content (AvgIpc) is 2.68. The molecule has 1 heterocycles. The van der Waals surface area contributed by atoms with E-state index >= 15 is 0 Å². The van der Waals surface area contributed by atoms with Gasteiger partial charge in [-0.3, -0.25) is 5.32 Å². The molecule has 1 saturated carbocycles. The van der Waals surface area contributed by atoms with Crippen LogP contribution < -0.4 is 10.6 Å². The third kappa shape index (κ3) is 3.56. The van der Waals surface area contributed by atoms with Crippen molar-refractivity contribution in [2.45, 2.75) is 25.3 Å². The van der Waals surface area contributed by atoms with Gasteiger partial charge in [-0.15, -0.1) is 0 Å². The van der Waals surface area contributed by atoms with Crippen LogP contribution in [0.3, 0.4) is 0 Å². The molecule has 18 heavy (non-hydrogen) atoms. The summed E-state index contributed by atoms with van der Waals surface area (Å²) < 4.78 is 0. The number of thiazole rings is 1. The highest BCUT2D eigenvalue weighted by Crippen LogP contribution is 2.20. The molecule has 0 saturated heterocycles. The molecule has 0 unspecified atom stereocenters. The molecule has 1 aliphatic rings. The second-order valence-corrected chi connectivity index (χ2v) is 5.03. The van der Waals surface area contributed by atoms with E-state index in [0.717, 1.165) is 25.3 Å². The van der Waals surface area contributed by atoms with Gasteiger partial charge in [0.1, 0.15) is 0 Å². The van der Waals surface area contributed by atoms with Gasteiger partial charge in [0.25, 0.3) is 0 Å². The Hall–Kier alpha value is -1.89. The van der Waals surface area contributed by atoms with Crippen LogP contribution in [0.5, 0.6) is 0 Å². The van der Waals surface area contributed by atoms with Crippen molar-refractivity contribution < 1.29 is 14.7 Å². The first-order valence-corrected chi connectivity index (χ1v) is 6.39. The van der Waals surface area contributed by atoms with Gasteiger partial charge in [0.15, 0.2) is 5.13 Å². The lowest BCUT2D eigenvalue weighted by Crippen LogP contribution is -2.41. The van der Waals surface area contributed by atoms with Crippen LogP contribution in [0.15, 0.2) is 12.3 Å². The molecule has 0 aliphatic heterocycles. The van der Waals surface area contributed by atoms with Crippen LogP contribution in [0, 0.1) is 0 Å². The number of hydrogen-bond acceptors (Lipinski definition) is 4. The fraction of sp³-hybridized carbons (Fsp3) is 0.364. The molecule has 96 valence electrons. The van der Waals surface area contributed by atoms with Gasteiger partial charge in [0, 0.05) is 23.2 Å². The Balaban J connectivity index is 1.85. The highest BCUT2D eigenvalue weighted by Gasteiger charge is 2.19. The van der Waals surface area contributed by atoms with Gasteiger partial charge in [-0.2, -0.15) is 0 Å². The van der Waals surface area contributed by atoms with Crippen molar-refractivity contribution in [1.29, 1.82) is 0 Å². The Morgan fingerprint density at radius 1 is 1.50 bits per heavy atom. The number of amides is 2. The zero-order chi connectivity index (χ0) is 13.0. The average molecular weight is 267 g/mol. The SMILES string of the molecule is O=C(O)/C=C/c1cnc(NC(=O)NC2CCC2)s1. The molecular formula is C11H13N3O3S. The van der Waals surface area contributed by atoms with Gasteiger partial charge in [-0.1, -0.05) is 11.3 Å². The number of hydrogen-bond donors (Lipinski definition) is 3. The number of carbonyl (C=O) groups excluding carboxylic acids is 1. The number of rotatable bonds is 4. The summed E-state index contributed by atoms with van der Waals surface area (Å²) >= 11 is 1.22. The number of aliphatic carboxylic acids is 1. The predicted octanol–water partition coefficient (Wildman–Crippen LogP) is 1.91. The number of anilines is 1. The van der Waals surface area contributed by atoms with Gasteiger partial charge in [-0.05, 0) is 25.3 Å². The third-order valence-corrected chi connectivity index (χ3v) is 3.45. The van der Waals surface area contributed by atoms with E-state index in [4.69, 9.17) is 5.11 Å². The largest absolute Gasteiger partial charge is 0.478 e. The smallest absolute Gasteiger partial charge is 0.328 e. The van der Waals surface area contributed by atoms with Crippen molar-refractivity contribution in [2.24, 2.45) is 0 Å². The highest BCUT2D eigenvalue weighted by atomic mass is 32.1. The van der Waals surface area contributed by atoms with E-state index in [1.165, 1.54) is 23.6 Å². The van der Waals surface area contributed by atoms with E-state index in [1.807, 2.05) is 0 Å². The Bertz CT molecular complexity index is 480. The maximum absolute atomic E-state index is 11.5. The second-order valence-electron chi connectivity index (χ2n) is 3.97. The number of carboxylic acids is 1. The van der Waals surface area contributed by atoms with Crippen LogP contribution in [0.2, 0.25) is 0 Å². The molecule has 1 aromatic heterocycles. The van der Waals surface area contributed by atoms with E-state index in [-0.39, 0.29) is 12.1 Å². The van der Waals surface area contributed by atoms with Crippen LogP contribution in [-0.4, -0.2) is 28.1 Å². The number of urea groups is 1. The lowest BCUT2D eigenvalue weighted by atomic mass is 9.93. The summed E-state index contributed by atoms with van der Waals surface area (Å²) in [6.45, 7) is 0. The Morgan fingerprint density at radius 2 is 2.28 bits per heavy atom. The van der Waals surface area contributed by atoms with E-state index in [1.54, 1.807) is 0 Å². The first-order valence-electron chi connectivity index (χ1n) is 5.58. The molecule has 0 aromatic carbocycles. The standard InChI is InChI=1S/C11H13N3O3S/c15-9(16)5-4-8-6-12-11(18-8)14-10(17)13-7-2-1-3-7/h4-7H,1-3H2,(H,15,16)(H2,12,13,14,17)/b5-4+. The lowest BCUT2D eigenvalue weighted by molar-refractivity contribution is -0.131. The van der Waals surface area contributed by atoms with Crippen LogP contribution in [0.1, 0.15) is 24.1 Å². The molecular weight excluding hydrogens is 254 g/mol. The monoisotopic (exact) mass is 267 g/mol. The summed E-state index contributed by atoms with van der Waals surface area (Å²) in [5.41, 5.74) is 0. The van der Waals surface area contributed by atoms with Gasteiger partial charge in [0.2, 0.25) is 0 Å². The quantitative estimate of drug-likeness (QED) is 0.727. The molecule has 2 rings (SSSR count). The van der Waals surface area contributed by atoms with Crippen LogP contribution in [0.4, 0.5) is 9.93 Å². The summed E-state index contributed by atoms with van der Waals surface area (Å²) in [5.74, 6) is -1.01. The van der Waals surface area contributed by atoms with Crippen molar-refractivity contribution >= 4 is 34.5 Å². The molecule has 0 bridgehead atoms. The summed E-state index contributed by atoms with van der Waals surface area (Å²) in [7, 11) is 0. The molecule has 1 aromatic rings. The normalized spacial score (nSPS) is 15.3. The topological polar surface area (TPSA) is 91.3 Å². The lowest BCUT2D eigenvalue weighted by Gasteiger charge is -2.26. The molecule has 1 aliphatic carbocycles. The second kappa shape index (κ2) is 5.63. The summed E-state index contributed by atoms with van der Waals surface area (Å²) in [5, 5.41) is 14.4. The number of nitrogens with one attached hydrogen (secondary N) is 2. The zero-order valence-corrected chi connectivity index (χ0v) is 10.4. The van der Waals surface area contributed by atoms with E-state index in [0.29, 0.717) is 10.0 Å². The van der Waals surface area contributed by atoms with Gasteiger partial charge in [-0.25, -0.2) is 14.6 Å². The Kier molecular flexibility index (Phi) is 3.93. The predicted molar refractivity (Wildman–Crippen MR) is 68.6 cm³/mol. The number of nitrogens with zero attached hydrogens (tertiary/aromatic N) is 1. The molecule has 0 atom stereocenters. The molecule has 0 spiro atoms. The summed E-state index contributed by atoms with van der Waals surface area (Å²) in [6.07, 6.45) is 7.20. The maximum Gasteiger partial charge on any atom is 0.328 e. The fourth-order valence-corrected chi connectivity index (χ4v) is 2.16. The van der Waals surface area contributed by atoms with Gasteiger partial charge < -0.3 is 10.4 Å². The molecule has 0 radical (unpaired) electrons. The highest BCUT2D eigenvalue weighted by molar-refractivity contribution is 7.16. The maximum atomic E-state index is 11.5. The number of aromatic nitrogens is 1. The molecule has 6 nitrogen and oxygen atoms in total. The summed E-state index contributed by atoms with van der Waals surface area (Å²) in [6, 6.07) is 0.0131. The van der Waals surface area contributed by atoms with Gasteiger partial charge in [0.05, 0.1) is 0 Å². The van der Waals surface area contributed by atoms with Crippen molar-refractivity contribution in [2.75, 3.05) is 5.32 Å². The number of carbonyl (C=O) groups is 2. The van der Waals surface area contributed by atoms with Crippen molar-refractivity contribution in [3.05, 3.63) is 17.2 Å². The molecule has 2 amide bonds. The van der Waals surface area contributed by atoms with E-state index < -0.39 is 5.97 Å². The minimum atomic E-state index is -1.01.